The minimum atomic E-state index is -0.804. The maximum Gasteiger partial charge on any atom is 0.102 e. The largest absolute Gasteiger partial charge is 0.389 e. The number of nitrogens with zero attached hydrogens (tertiary/aromatic N) is 1. The lowest BCUT2D eigenvalue weighted by Crippen LogP contribution is -2.42. The molecule has 3 N–H and O–H groups in total. The van der Waals surface area contributed by atoms with Gasteiger partial charge in [0.1, 0.15) is 6.10 Å². The van der Waals surface area contributed by atoms with Crippen LogP contribution in [0.3, 0.4) is 0 Å². The van der Waals surface area contributed by atoms with E-state index in [1.807, 2.05) is 4.90 Å². The molecule has 2 fully saturated rings. The SMILES string of the molecule is COC1C(O)CN2CC(O)C(O)C12. The second-order valence-corrected chi connectivity index (χ2v) is 3.77. The molecule has 76 valence electrons. The van der Waals surface area contributed by atoms with Gasteiger partial charge in [0, 0.05) is 20.2 Å². The molecule has 2 aliphatic rings. The molecule has 2 heterocycles. The molecule has 0 aromatic heterocycles. The molecule has 0 spiro atoms. The molecule has 0 amide bonds. The van der Waals surface area contributed by atoms with E-state index in [-0.39, 0.29) is 12.1 Å². The molecule has 0 saturated carbocycles. The Balaban J connectivity index is 2.15. The molecule has 13 heavy (non-hydrogen) atoms. The highest BCUT2D eigenvalue weighted by Crippen LogP contribution is 2.30. The molecule has 5 unspecified atom stereocenters. The zero-order valence-corrected chi connectivity index (χ0v) is 7.50. The Morgan fingerprint density at radius 3 is 2.38 bits per heavy atom. The summed E-state index contributed by atoms with van der Waals surface area (Å²) >= 11 is 0. The first-order valence-corrected chi connectivity index (χ1v) is 4.46. The van der Waals surface area contributed by atoms with Gasteiger partial charge in [-0.25, -0.2) is 0 Å². The summed E-state index contributed by atoms with van der Waals surface area (Å²) in [6.45, 7) is 0.889. The van der Waals surface area contributed by atoms with Gasteiger partial charge in [-0.05, 0) is 0 Å². The zero-order valence-electron chi connectivity index (χ0n) is 7.50. The van der Waals surface area contributed by atoms with Crippen molar-refractivity contribution in [3.8, 4) is 0 Å². The van der Waals surface area contributed by atoms with E-state index >= 15 is 0 Å². The minimum absolute atomic E-state index is 0.255. The molecule has 5 atom stereocenters. The Morgan fingerprint density at radius 1 is 1.15 bits per heavy atom. The summed E-state index contributed by atoms with van der Waals surface area (Å²) in [7, 11) is 1.51. The van der Waals surface area contributed by atoms with Crippen molar-refractivity contribution in [3.05, 3.63) is 0 Å². The van der Waals surface area contributed by atoms with Gasteiger partial charge in [-0.15, -0.1) is 0 Å². The molecule has 5 heteroatoms. The highest BCUT2D eigenvalue weighted by Gasteiger charge is 2.52. The third-order valence-electron chi connectivity index (χ3n) is 3.00. The van der Waals surface area contributed by atoms with Crippen molar-refractivity contribution in [1.29, 1.82) is 0 Å². The number of rotatable bonds is 1. The summed E-state index contributed by atoms with van der Waals surface area (Å²) in [6, 6.07) is -0.255. The molecule has 0 bridgehead atoms. The number of ether oxygens (including phenoxy) is 1. The minimum Gasteiger partial charge on any atom is -0.389 e. The van der Waals surface area contributed by atoms with Crippen molar-refractivity contribution in [2.24, 2.45) is 0 Å². The monoisotopic (exact) mass is 189 g/mol. The van der Waals surface area contributed by atoms with Gasteiger partial charge >= 0.3 is 0 Å². The summed E-state index contributed by atoms with van der Waals surface area (Å²) in [5, 5.41) is 28.5. The van der Waals surface area contributed by atoms with Crippen molar-refractivity contribution in [2.75, 3.05) is 20.2 Å². The van der Waals surface area contributed by atoms with Crippen LogP contribution < -0.4 is 0 Å². The van der Waals surface area contributed by atoms with Crippen molar-refractivity contribution < 1.29 is 20.1 Å². The molecule has 2 aliphatic heterocycles. The molecular weight excluding hydrogens is 174 g/mol. The maximum atomic E-state index is 9.60. The normalized spacial score (nSPS) is 51.2. The molecule has 0 aromatic rings. The van der Waals surface area contributed by atoms with Crippen molar-refractivity contribution >= 4 is 0 Å². The van der Waals surface area contributed by atoms with E-state index in [1.54, 1.807) is 0 Å². The van der Waals surface area contributed by atoms with Gasteiger partial charge in [0.25, 0.3) is 0 Å². The Labute approximate surface area is 76.5 Å². The lowest BCUT2D eigenvalue weighted by molar-refractivity contribution is -0.0402. The average molecular weight is 189 g/mol. The van der Waals surface area contributed by atoms with Crippen LogP contribution in [0.1, 0.15) is 0 Å². The van der Waals surface area contributed by atoms with Crippen LogP contribution in [0.15, 0.2) is 0 Å². The van der Waals surface area contributed by atoms with Crippen LogP contribution in [-0.4, -0.2) is 70.9 Å². The second kappa shape index (κ2) is 3.18. The lowest BCUT2D eigenvalue weighted by atomic mass is 10.0. The van der Waals surface area contributed by atoms with E-state index in [0.29, 0.717) is 13.1 Å². The first-order chi connectivity index (χ1) is 6.15. The lowest BCUT2D eigenvalue weighted by Gasteiger charge is -2.22. The Kier molecular flexibility index (Phi) is 2.29. The molecule has 0 aromatic carbocycles. The van der Waals surface area contributed by atoms with Crippen molar-refractivity contribution in [2.45, 2.75) is 30.5 Å². The van der Waals surface area contributed by atoms with E-state index in [2.05, 4.69) is 0 Å². The Bertz CT molecular complexity index is 201. The van der Waals surface area contributed by atoms with E-state index in [4.69, 9.17) is 4.74 Å². The van der Waals surface area contributed by atoms with Gasteiger partial charge in [-0.3, -0.25) is 4.90 Å². The fraction of sp³-hybridized carbons (Fsp3) is 1.00. The van der Waals surface area contributed by atoms with E-state index in [0.717, 1.165) is 0 Å². The van der Waals surface area contributed by atoms with E-state index in [1.165, 1.54) is 7.11 Å². The third-order valence-corrected chi connectivity index (χ3v) is 3.00. The quantitative estimate of drug-likeness (QED) is 0.436. The summed E-state index contributed by atoms with van der Waals surface area (Å²) in [4.78, 5) is 1.87. The fourth-order valence-electron chi connectivity index (χ4n) is 2.38. The highest BCUT2D eigenvalue weighted by molar-refractivity contribution is 5.05. The number of hydrogen-bond acceptors (Lipinski definition) is 5. The number of fused-ring (bicyclic) bond motifs is 1. The Morgan fingerprint density at radius 2 is 1.77 bits per heavy atom. The summed E-state index contributed by atoms with van der Waals surface area (Å²) in [5.74, 6) is 0. The summed E-state index contributed by atoms with van der Waals surface area (Å²) < 4.78 is 5.09. The summed E-state index contributed by atoms with van der Waals surface area (Å²) in [5.41, 5.74) is 0. The number of aliphatic hydroxyl groups is 3. The summed E-state index contributed by atoms with van der Waals surface area (Å²) in [6.07, 6.45) is -2.46. The first-order valence-electron chi connectivity index (χ1n) is 4.46. The van der Waals surface area contributed by atoms with Gasteiger partial charge in [-0.2, -0.15) is 0 Å². The van der Waals surface area contributed by atoms with Crippen LogP contribution in [0.4, 0.5) is 0 Å². The van der Waals surface area contributed by atoms with Gasteiger partial charge in [0.2, 0.25) is 0 Å². The third kappa shape index (κ3) is 1.28. The molecule has 5 nitrogen and oxygen atoms in total. The van der Waals surface area contributed by atoms with Crippen LogP contribution in [-0.2, 0) is 4.74 Å². The Hall–Kier alpha value is -0.200. The molecule has 0 radical (unpaired) electrons. The van der Waals surface area contributed by atoms with Crippen LogP contribution in [0.5, 0.6) is 0 Å². The predicted octanol–water partition coefficient (Wildman–Crippen LogP) is -2.22. The molecular formula is C8H15NO4. The highest BCUT2D eigenvalue weighted by atomic mass is 16.5. The van der Waals surface area contributed by atoms with Crippen LogP contribution >= 0.6 is 0 Å². The smallest absolute Gasteiger partial charge is 0.102 e. The number of hydrogen-bond donors (Lipinski definition) is 3. The van der Waals surface area contributed by atoms with Crippen molar-refractivity contribution in [3.63, 3.8) is 0 Å². The predicted molar refractivity (Wildman–Crippen MR) is 44.2 cm³/mol. The second-order valence-electron chi connectivity index (χ2n) is 3.77. The topological polar surface area (TPSA) is 73.2 Å². The van der Waals surface area contributed by atoms with Gasteiger partial charge in [-0.1, -0.05) is 0 Å². The molecule has 2 rings (SSSR count). The van der Waals surface area contributed by atoms with Gasteiger partial charge in [0.15, 0.2) is 0 Å². The molecule has 2 saturated heterocycles. The number of aliphatic hydroxyl groups excluding tert-OH is 3. The van der Waals surface area contributed by atoms with Crippen LogP contribution in [0, 0.1) is 0 Å². The van der Waals surface area contributed by atoms with E-state index < -0.39 is 18.3 Å². The number of methoxy groups -OCH3 is 1. The van der Waals surface area contributed by atoms with Crippen molar-refractivity contribution in [1.82, 2.24) is 4.90 Å². The standard InChI is InChI=1S/C8H15NO4/c1-13-8-5(11)3-9-2-4(10)7(12)6(8)9/h4-8,10-12H,2-3H2,1H3. The fourth-order valence-corrected chi connectivity index (χ4v) is 2.38. The van der Waals surface area contributed by atoms with Gasteiger partial charge < -0.3 is 20.1 Å². The van der Waals surface area contributed by atoms with E-state index in [9.17, 15) is 15.3 Å². The first kappa shape index (κ1) is 9.36. The van der Waals surface area contributed by atoms with Crippen LogP contribution in [0.25, 0.3) is 0 Å². The zero-order chi connectivity index (χ0) is 9.59. The van der Waals surface area contributed by atoms with Crippen LogP contribution in [0.2, 0.25) is 0 Å². The molecule has 0 aliphatic carbocycles. The maximum absolute atomic E-state index is 9.60. The average Bonchev–Trinajstić information content (AvgIpc) is 2.51. The van der Waals surface area contributed by atoms with Gasteiger partial charge in [0.05, 0.1) is 24.4 Å².